The van der Waals surface area contributed by atoms with Crippen molar-refractivity contribution in [1.29, 1.82) is 5.26 Å². The average Bonchev–Trinajstić information content (AvgIpc) is 1.52. The summed E-state index contributed by atoms with van der Waals surface area (Å²) in [6, 6.07) is 54.9. The van der Waals surface area contributed by atoms with Crippen LogP contribution in [0, 0.1) is 29.1 Å². The summed E-state index contributed by atoms with van der Waals surface area (Å²) >= 11 is 0. The first-order valence-corrected chi connectivity index (χ1v) is 31.2. The lowest BCUT2D eigenvalue weighted by Crippen LogP contribution is -2.51. The van der Waals surface area contributed by atoms with E-state index in [2.05, 4.69) is 21.0 Å². The smallest absolute Gasteiger partial charge is 0.174 e. The van der Waals surface area contributed by atoms with Crippen molar-refractivity contribution in [2.24, 2.45) is 29.2 Å². The normalized spacial score (nSPS) is 28.2. The molecule has 3 fully saturated rings. The molecule has 94 heavy (non-hydrogen) atoms. The molecule has 0 saturated heterocycles. The summed E-state index contributed by atoms with van der Waals surface area (Å²) in [6.07, 6.45) is 11.1. The molecule has 6 heterocycles. The van der Waals surface area contributed by atoms with Gasteiger partial charge in [-0.25, -0.2) is 0 Å². The predicted molar refractivity (Wildman–Crippen MR) is 351 cm³/mol. The van der Waals surface area contributed by atoms with Crippen LogP contribution in [0.1, 0.15) is 111 Å². The Morgan fingerprint density at radius 3 is 0.957 bits per heavy atom. The number of rotatable bonds is 14. The van der Waals surface area contributed by atoms with Crippen molar-refractivity contribution in [2.45, 2.75) is 91.1 Å². The second kappa shape index (κ2) is 25.6. The molecule has 18 nitrogen and oxygen atoms in total. The molecule has 0 radical (unpaired) electrons. The van der Waals surface area contributed by atoms with Crippen LogP contribution in [-0.4, -0.2) is 86.7 Å². The lowest BCUT2D eigenvalue weighted by molar-refractivity contribution is -0.135. The number of nitrogens with two attached hydrogens (primary N) is 2. The van der Waals surface area contributed by atoms with Gasteiger partial charge in [-0.3, -0.25) is 15.0 Å². The van der Waals surface area contributed by atoms with Gasteiger partial charge in [0.1, 0.15) is 51.3 Å². The fraction of sp³-hybridized carbons (Fsp3) is 0.316. The van der Waals surface area contributed by atoms with Gasteiger partial charge in [-0.05, 0) is 75.9 Å². The van der Waals surface area contributed by atoms with E-state index >= 15 is 0 Å². The van der Waals surface area contributed by atoms with Gasteiger partial charge in [-0.15, -0.1) is 0 Å². The summed E-state index contributed by atoms with van der Waals surface area (Å²) in [7, 11) is 4.63. The Morgan fingerprint density at radius 2 is 0.713 bits per heavy atom. The van der Waals surface area contributed by atoms with Crippen LogP contribution >= 0.6 is 0 Å². The molecule has 10 N–H and O–H groups in total. The van der Waals surface area contributed by atoms with Gasteiger partial charge in [-0.1, -0.05) is 159 Å². The largest absolute Gasteiger partial charge is 0.495 e. The van der Waals surface area contributed by atoms with E-state index in [1.165, 1.54) is 7.11 Å². The van der Waals surface area contributed by atoms with E-state index in [-0.39, 0.29) is 45.0 Å². The highest BCUT2D eigenvalue weighted by molar-refractivity contribution is 5.62. The van der Waals surface area contributed by atoms with Gasteiger partial charge >= 0.3 is 0 Å². The minimum absolute atomic E-state index is 0. The monoisotopic (exact) mass is 1270 g/mol. The Kier molecular flexibility index (Phi) is 17.6. The molecular weight excluding hydrogens is 1190 g/mol. The Labute approximate surface area is 546 Å². The maximum absolute atomic E-state index is 12.5. The number of nitriles is 1. The molecule has 3 aliphatic carbocycles. The van der Waals surface area contributed by atoms with Crippen LogP contribution in [0.25, 0.3) is 0 Å². The maximum atomic E-state index is 12.5. The molecular formula is C76H78N6O12. The minimum atomic E-state index is -1.56. The molecule has 15 rings (SSSR count). The molecule has 0 amide bonds. The van der Waals surface area contributed by atoms with Crippen LogP contribution < -0.4 is 39.9 Å². The van der Waals surface area contributed by atoms with Crippen molar-refractivity contribution in [3.05, 3.63) is 268 Å². The lowest BCUT2D eigenvalue weighted by Gasteiger charge is -2.41. The molecule has 0 bridgehead atoms. The van der Waals surface area contributed by atoms with Gasteiger partial charge in [0.15, 0.2) is 16.8 Å². The third-order valence-electron chi connectivity index (χ3n) is 20.7. The van der Waals surface area contributed by atoms with Crippen molar-refractivity contribution in [3.63, 3.8) is 0 Å². The van der Waals surface area contributed by atoms with Crippen LogP contribution in [0.5, 0.6) is 34.5 Å². The highest BCUT2D eigenvalue weighted by Gasteiger charge is 2.76. The Bertz CT molecular complexity index is 4010. The summed E-state index contributed by atoms with van der Waals surface area (Å²) in [5.74, 6) is 0.662. The fourth-order valence-corrected chi connectivity index (χ4v) is 16.6. The van der Waals surface area contributed by atoms with Gasteiger partial charge < -0.3 is 70.5 Å². The number of benzene rings is 6. The van der Waals surface area contributed by atoms with Crippen LogP contribution in [-0.2, 0) is 46.7 Å². The topological polar surface area (TPSA) is 291 Å². The van der Waals surface area contributed by atoms with E-state index in [1.54, 1.807) is 63.5 Å². The number of ether oxygens (including phenoxy) is 6. The third kappa shape index (κ3) is 9.38. The zero-order valence-corrected chi connectivity index (χ0v) is 51.7. The SMILES string of the molecule is C.COc1cncc2c1[C@]1(O)[C@@H](CO)C[C@@H](c3ccccc3)[C@]1(c1ccc(C#N)cc1)O2.COc1cncc2c1[C@]1(O)[C@@H](CO)C[C@@H](c3ccccc3)[C@]1(c1ccc(CN)cc1)O2.COc1cncc2c1[C@]1(O)[C@@H](CO)C[C@@H](c3ccccc3)[C@]1(c1ccc(CN)cc1)O2. The van der Waals surface area contributed by atoms with E-state index in [0.717, 1.165) is 44.5 Å². The van der Waals surface area contributed by atoms with Crippen molar-refractivity contribution < 1.29 is 59.1 Å². The average molecular weight is 1270 g/mol. The van der Waals surface area contributed by atoms with E-state index in [0.29, 0.717) is 89.1 Å². The Morgan fingerprint density at radius 1 is 0.436 bits per heavy atom. The standard InChI is InChI=1S/2C25H26N2O4.C25H22N2O4.CH4/c3*1-30-21-13-27-14-22-23(21)24(29)19(15-28)11-20(17-5-3-2-4-6-17)25(24,31-22)18-9-7-16(12-26)8-10-18;/h2*2-10,13-14,19-20,28-29H,11-12,15,26H2,1H3;2-10,13-14,19-20,28-29H,11,15H2,1H3;1H4/t3*19-,20+,24-,25+;/m111./s1. The van der Waals surface area contributed by atoms with Gasteiger partial charge in [0, 0.05) is 68.4 Å². The summed E-state index contributed by atoms with van der Waals surface area (Å²) in [5, 5.41) is 77.9. The first kappa shape index (κ1) is 64.8. The number of aliphatic hydroxyl groups is 6. The predicted octanol–water partition coefficient (Wildman–Crippen LogP) is 9.51. The summed E-state index contributed by atoms with van der Waals surface area (Å²) in [5.41, 5.74) is 13.1. The summed E-state index contributed by atoms with van der Waals surface area (Å²) < 4.78 is 36.7. The number of nitrogens with zero attached hydrogens (tertiary/aromatic N) is 4. The summed E-state index contributed by atoms with van der Waals surface area (Å²) in [4.78, 5) is 12.7. The van der Waals surface area contributed by atoms with Gasteiger partial charge in [0.2, 0.25) is 0 Å². The second-order valence-corrected chi connectivity index (χ2v) is 24.7. The van der Waals surface area contributed by atoms with E-state index < -0.39 is 51.4 Å². The molecule has 484 valence electrons. The first-order valence-electron chi connectivity index (χ1n) is 31.2. The van der Waals surface area contributed by atoms with Crippen molar-refractivity contribution in [1.82, 2.24) is 15.0 Å². The minimum Gasteiger partial charge on any atom is -0.495 e. The molecule has 0 unspecified atom stereocenters. The molecule has 3 aliphatic heterocycles. The molecule has 12 atom stereocenters. The number of aliphatic hydroxyl groups excluding tert-OH is 3. The van der Waals surface area contributed by atoms with Gasteiger partial charge in [0.25, 0.3) is 0 Å². The fourth-order valence-electron chi connectivity index (χ4n) is 16.6. The molecule has 6 aliphatic rings. The van der Waals surface area contributed by atoms with Crippen LogP contribution in [0.2, 0.25) is 0 Å². The van der Waals surface area contributed by atoms with E-state index in [9.17, 15) is 35.9 Å². The molecule has 18 heteroatoms. The van der Waals surface area contributed by atoms with E-state index in [4.69, 9.17) is 39.9 Å². The number of hydrogen-bond acceptors (Lipinski definition) is 18. The molecule has 9 aromatic rings. The number of methoxy groups -OCH3 is 3. The van der Waals surface area contributed by atoms with Gasteiger partial charge in [0.05, 0.1) is 86.8 Å². The Hall–Kier alpha value is -9.26. The highest BCUT2D eigenvalue weighted by atomic mass is 16.6. The Balaban J connectivity index is 0.000000135. The first-order chi connectivity index (χ1) is 45.3. The lowest BCUT2D eigenvalue weighted by atomic mass is 9.70. The molecule has 6 aromatic carbocycles. The van der Waals surface area contributed by atoms with E-state index in [1.807, 2.05) is 152 Å². The molecule has 3 saturated carbocycles. The zero-order chi connectivity index (χ0) is 64.9. The number of hydrogen-bond donors (Lipinski definition) is 8. The number of pyridine rings is 3. The molecule has 0 spiro atoms. The van der Waals surface area contributed by atoms with Crippen molar-refractivity contribution in [3.8, 4) is 40.6 Å². The van der Waals surface area contributed by atoms with Crippen molar-refractivity contribution in [2.75, 3.05) is 41.2 Å². The quantitative estimate of drug-likeness (QED) is 0.0503. The molecule has 3 aromatic heterocycles. The highest BCUT2D eigenvalue weighted by Crippen LogP contribution is 2.73. The summed E-state index contributed by atoms with van der Waals surface area (Å²) in [6.45, 7) is 0.273. The van der Waals surface area contributed by atoms with Crippen molar-refractivity contribution >= 4 is 0 Å². The number of fused-ring (bicyclic) bond motifs is 9. The zero-order valence-electron chi connectivity index (χ0n) is 51.7. The van der Waals surface area contributed by atoms with Crippen LogP contribution in [0.3, 0.4) is 0 Å². The van der Waals surface area contributed by atoms with Crippen LogP contribution in [0.4, 0.5) is 0 Å². The maximum Gasteiger partial charge on any atom is 0.174 e. The second-order valence-electron chi connectivity index (χ2n) is 24.7. The van der Waals surface area contributed by atoms with Gasteiger partial charge in [-0.2, -0.15) is 5.26 Å². The van der Waals surface area contributed by atoms with Crippen LogP contribution in [0.15, 0.2) is 201 Å². The third-order valence-corrected chi connectivity index (χ3v) is 20.7. The number of aromatic nitrogens is 3.